The molecule has 3 aliphatic rings. The number of benzene rings is 3. The second kappa shape index (κ2) is 13.5. The number of hydrogen-bond donors (Lipinski definition) is 1. The van der Waals surface area contributed by atoms with E-state index in [4.69, 9.17) is 18.9 Å². The molecule has 252 valence electrons. The molecule has 2 bridgehead atoms. The highest BCUT2D eigenvalue weighted by atomic mass is 32.2. The summed E-state index contributed by atoms with van der Waals surface area (Å²) in [6.07, 6.45) is 4.00. The Kier molecular flexibility index (Phi) is 9.53. The van der Waals surface area contributed by atoms with Crippen LogP contribution in [0.3, 0.4) is 0 Å². The largest absolute Gasteiger partial charge is 0.465 e. The summed E-state index contributed by atoms with van der Waals surface area (Å²) in [4.78, 5) is 18.2. The fourth-order valence-electron chi connectivity index (χ4n) is 6.78. The number of carbonyl (C=O) groups excluding carboxylic acids is 1. The Balaban J connectivity index is 1.28. The number of ether oxygens (including phenoxy) is 4. The number of rotatable bonds is 11. The fraction of sp³-hybridized carbons (Fsp3) is 0.472. The third-order valence-electron chi connectivity index (χ3n) is 9.18. The molecular formula is C36H45N3O7S. The van der Waals surface area contributed by atoms with E-state index in [1.807, 2.05) is 6.07 Å². The molecule has 11 heteroatoms. The summed E-state index contributed by atoms with van der Waals surface area (Å²) in [5.74, 6) is 0.169. The lowest BCUT2D eigenvalue weighted by Gasteiger charge is -2.39. The second-order valence-corrected chi connectivity index (χ2v) is 15.4. The zero-order valence-corrected chi connectivity index (χ0v) is 28.7. The van der Waals surface area contributed by atoms with Crippen LogP contribution >= 0.6 is 0 Å². The molecule has 3 aliphatic heterocycles. The molecule has 0 radical (unpaired) electrons. The lowest BCUT2D eigenvalue weighted by molar-refractivity contribution is -0.00814. The third-order valence-corrected chi connectivity index (χ3v) is 9.77. The topological polar surface area (TPSA) is 107 Å². The predicted molar refractivity (Wildman–Crippen MR) is 184 cm³/mol. The van der Waals surface area contributed by atoms with E-state index in [1.54, 1.807) is 30.2 Å². The van der Waals surface area contributed by atoms with Gasteiger partial charge >= 0.3 is 0 Å². The van der Waals surface area contributed by atoms with Crippen LogP contribution in [0.15, 0.2) is 54.6 Å². The maximum absolute atomic E-state index is 13.9. The summed E-state index contributed by atoms with van der Waals surface area (Å²) in [7, 11) is -2.03. The summed E-state index contributed by atoms with van der Waals surface area (Å²) >= 11 is 0. The van der Waals surface area contributed by atoms with Gasteiger partial charge in [-0.05, 0) is 71.7 Å². The van der Waals surface area contributed by atoms with Gasteiger partial charge in [0.15, 0.2) is 6.79 Å². The van der Waals surface area contributed by atoms with Crippen molar-refractivity contribution < 1.29 is 32.2 Å². The van der Waals surface area contributed by atoms with Gasteiger partial charge in [-0.15, -0.1) is 0 Å². The summed E-state index contributed by atoms with van der Waals surface area (Å²) in [6.45, 7) is 9.37. The summed E-state index contributed by atoms with van der Waals surface area (Å²) < 4.78 is 48.8. The highest BCUT2D eigenvalue weighted by molar-refractivity contribution is 7.92. The number of nitrogens with one attached hydrogen (secondary N) is 1. The molecule has 2 fully saturated rings. The fourth-order valence-corrected chi connectivity index (χ4v) is 7.34. The molecule has 1 N–H and O–H groups in total. The Morgan fingerprint density at radius 2 is 1.70 bits per heavy atom. The van der Waals surface area contributed by atoms with Crippen LogP contribution < -0.4 is 19.3 Å². The van der Waals surface area contributed by atoms with E-state index in [9.17, 15) is 13.2 Å². The summed E-state index contributed by atoms with van der Waals surface area (Å²) in [5.41, 5.74) is 7.28. The zero-order chi connectivity index (χ0) is 33.3. The number of hydrogen-bond acceptors (Lipinski definition) is 8. The van der Waals surface area contributed by atoms with Crippen LogP contribution in [0.4, 0.5) is 17.1 Å². The van der Waals surface area contributed by atoms with Crippen LogP contribution in [0.2, 0.25) is 0 Å². The number of carbonyl (C=O) groups is 1. The van der Waals surface area contributed by atoms with Gasteiger partial charge in [0.05, 0.1) is 50.5 Å². The van der Waals surface area contributed by atoms with Crippen molar-refractivity contribution in [3.8, 4) is 16.9 Å². The number of morpholine rings is 1. The molecule has 0 spiro atoms. The van der Waals surface area contributed by atoms with E-state index in [0.29, 0.717) is 55.3 Å². The van der Waals surface area contributed by atoms with E-state index in [-0.39, 0.29) is 23.8 Å². The van der Waals surface area contributed by atoms with Gasteiger partial charge in [-0.3, -0.25) is 9.52 Å². The maximum Gasteiger partial charge on any atom is 0.258 e. The highest BCUT2D eigenvalue weighted by Crippen LogP contribution is 2.43. The Labute approximate surface area is 278 Å². The molecule has 3 aromatic carbocycles. The van der Waals surface area contributed by atoms with Gasteiger partial charge < -0.3 is 28.7 Å². The van der Waals surface area contributed by atoms with Gasteiger partial charge in [-0.1, -0.05) is 45.0 Å². The van der Waals surface area contributed by atoms with Crippen molar-refractivity contribution >= 4 is 33.0 Å². The minimum Gasteiger partial charge on any atom is -0.465 e. The smallest absolute Gasteiger partial charge is 0.258 e. The predicted octanol–water partition coefficient (Wildman–Crippen LogP) is 5.59. The van der Waals surface area contributed by atoms with Crippen LogP contribution in [-0.2, 0) is 36.1 Å². The Bertz CT molecular complexity index is 1720. The average Bonchev–Trinajstić information content (AvgIpc) is 3.27. The molecule has 0 aromatic heterocycles. The first-order chi connectivity index (χ1) is 22.4. The van der Waals surface area contributed by atoms with E-state index < -0.39 is 10.0 Å². The van der Waals surface area contributed by atoms with Crippen molar-refractivity contribution in [2.45, 2.75) is 57.5 Å². The molecule has 6 rings (SSSR count). The SMILES string of the molecule is COCCOCOc1ccc(N2CCc3cc(-c4ccc(C(C)(C)C)cc4N4C5CCC4COC5)ccc3C2=O)cc1NS(C)(=O)=O. The van der Waals surface area contributed by atoms with Crippen molar-refractivity contribution in [1.29, 1.82) is 0 Å². The Hall–Kier alpha value is -3.64. The lowest BCUT2D eigenvalue weighted by atomic mass is 9.84. The van der Waals surface area contributed by atoms with Crippen LogP contribution in [-0.4, -0.2) is 79.5 Å². The highest BCUT2D eigenvalue weighted by Gasteiger charge is 2.39. The molecule has 3 heterocycles. The number of nitrogens with zero attached hydrogens (tertiary/aromatic N) is 2. The second-order valence-electron chi connectivity index (χ2n) is 13.6. The van der Waals surface area contributed by atoms with Gasteiger partial charge in [-0.2, -0.15) is 0 Å². The van der Waals surface area contributed by atoms with Crippen LogP contribution in [0.1, 0.15) is 55.1 Å². The number of anilines is 3. The summed E-state index contributed by atoms with van der Waals surface area (Å²) in [6, 6.07) is 18.8. The monoisotopic (exact) mass is 663 g/mol. The van der Waals surface area contributed by atoms with Crippen molar-refractivity contribution in [3.05, 3.63) is 71.3 Å². The number of fused-ring (bicyclic) bond motifs is 3. The molecule has 0 aliphatic carbocycles. The van der Waals surface area contributed by atoms with Crippen LogP contribution in [0, 0.1) is 0 Å². The zero-order valence-electron chi connectivity index (χ0n) is 27.9. The number of amides is 1. The van der Waals surface area contributed by atoms with Gasteiger partial charge in [-0.25, -0.2) is 8.42 Å². The lowest BCUT2D eigenvalue weighted by Crippen LogP contribution is -2.46. The molecule has 0 saturated carbocycles. The molecule has 1 amide bonds. The van der Waals surface area contributed by atoms with Crippen LogP contribution in [0.25, 0.3) is 11.1 Å². The number of methoxy groups -OCH3 is 1. The quantitative estimate of drug-likeness (QED) is 0.209. The first-order valence-electron chi connectivity index (χ1n) is 16.2. The standard InChI is InChI=1S/C36H45N3O7S/c1-36(2,3)26-7-12-30(33(19-26)39-28-8-9-29(39)22-45-21-28)24-6-11-31-25(18-24)14-15-38(35(31)40)27-10-13-34(46-23-44-17-16-43-4)32(20-27)37-47(5,41)42/h6-7,10-13,18-20,28-29,37H,8-9,14-17,21-23H2,1-5H3. The minimum absolute atomic E-state index is 0.0171. The first-order valence-corrected chi connectivity index (χ1v) is 18.1. The molecule has 2 unspecified atom stereocenters. The molecule has 2 saturated heterocycles. The van der Waals surface area contributed by atoms with Crippen molar-refractivity contribution in [3.63, 3.8) is 0 Å². The third kappa shape index (κ3) is 7.28. The first kappa shape index (κ1) is 33.3. The molecular weight excluding hydrogens is 618 g/mol. The van der Waals surface area contributed by atoms with Crippen molar-refractivity contribution in [2.75, 3.05) is 67.7 Å². The molecule has 47 heavy (non-hydrogen) atoms. The molecule has 10 nitrogen and oxygen atoms in total. The van der Waals surface area contributed by atoms with Gasteiger partial charge in [0.25, 0.3) is 5.91 Å². The normalized spacial score (nSPS) is 19.6. The van der Waals surface area contributed by atoms with Crippen molar-refractivity contribution in [2.24, 2.45) is 0 Å². The average molecular weight is 664 g/mol. The van der Waals surface area contributed by atoms with Crippen LogP contribution in [0.5, 0.6) is 5.75 Å². The minimum atomic E-state index is -3.61. The van der Waals surface area contributed by atoms with Gasteiger partial charge in [0.2, 0.25) is 10.0 Å². The van der Waals surface area contributed by atoms with E-state index in [0.717, 1.165) is 43.4 Å². The van der Waals surface area contributed by atoms with E-state index in [1.165, 1.54) is 16.8 Å². The van der Waals surface area contributed by atoms with Gasteiger partial charge in [0, 0.05) is 36.2 Å². The van der Waals surface area contributed by atoms with E-state index in [2.05, 4.69) is 60.7 Å². The Morgan fingerprint density at radius 3 is 2.40 bits per heavy atom. The molecule has 2 atom stereocenters. The van der Waals surface area contributed by atoms with Gasteiger partial charge in [0.1, 0.15) is 5.75 Å². The number of sulfonamides is 1. The van der Waals surface area contributed by atoms with E-state index >= 15 is 0 Å². The maximum atomic E-state index is 13.9. The molecule has 3 aromatic rings. The van der Waals surface area contributed by atoms with Crippen molar-refractivity contribution in [1.82, 2.24) is 0 Å². The Morgan fingerprint density at radius 1 is 0.957 bits per heavy atom. The summed E-state index contributed by atoms with van der Waals surface area (Å²) in [5, 5.41) is 0.